The number of amides is 4. The number of primary amides is 1. The fourth-order valence-electron chi connectivity index (χ4n) is 1.26. The van der Waals surface area contributed by atoms with Gasteiger partial charge in [0.25, 0.3) is 5.91 Å². The Hall–Kier alpha value is -2.93. The second kappa shape index (κ2) is 8.38. The molecular weight excluding hydrogens is 310 g/mol. The number of hydrogen-bond donors (Lipinski definition) is 4. The maximum Gasteiger partial charge on any atom is 0.261 e. The molecule has 0 spiro atoms. The number of nitrogens with one attached hydrogen (secondary N) is 3. The summed E-state index contributed by atoms with van der Waals surface area (Å²) in [6.07, 6.45) is 0. The largest absolute Gasteiger partial charge is 0.368 e. The number of hydrogen-bond acceptors (Lipinski definition) is 6. The van der Waals surface area contributed by atoms with E-state index in [0.717, 1.165) is 11.3 Å². The molecule has 9 nitrogen and oxygen atoms in total. The van der Waals surface area contributed by atoms with Crippen molar-refractivity contribution in [2.45, 2.75) is 0 Å². The van der Waals surface area contributed by atoms with Gasteiger partial charge in [-0.2, -0.15) is 5.26 Å². The molecule has 0 saturated heterocycles. The number of carbonyl (C=O) groups excluding carboxylic acids is 4. The summed E-state index contributed by atoms with van der Waals surface area (Å²) in [5.74, 6) is -2.32. The second-order valence-corrected chi connectivity index (χ2v) is 5.06. The minimum Gasteiger partial charge on any atom is -0.368 e. The molecule has 0 unspecified atom stereocenters. The van der Waals surface area contributed by atoms with Crippen LogP contribution in [-0.4, -0.2) is 43.3 Å². The van der Waals surface area contributed by atoms with E-state index >= 15 is 0 Å². The predicted octanol–water partition coefficient (Wildman–Crippen LogP) is -1.93. The van der Waals surface area contributed by atoms with Gasteiger partial charge in [-0.1, -0.05) is 0 Å². The van der Waals surface area contributed by atoms with Gasteiger partial charge in [0.05, 0.1) is 24.5 Å². The summed E-state index contributed by atoms with van der Waals surface area (Å²) < 4.78 is 0. The quantitative estimate of drug-likeness (QED) is 0.460. The van der Waals surface area contributed by atoms with Crippen LogP contribution in [0.3, 0.4) is 0 Å². The zero-order chi connectivity index (χ0) is 16.5. The van der Waals surface area contributed by atoms with Crippen LogP contribution in [-0.2, 0) is 14.4 Å². The van der Waals surface area contributed by atoms with Gasteiger partial charge in [-0.3, -0.25) is 19.2 Å². The number of rotatable bonds is 7. The molecule has 10 heteroatoms. The third-order valence-electron chi connectivity index (χ3n) is 2.26. The summed E-state index contributed by atoms with van der Waals surface area (Å²) in [4.78, 5) is 45.4. The van der Waals surface area contributed by atoms with Gasteiger partial charge in [0.1, 0.15) is 10.9 Å². The summed E-state index contributed by atoms with van der Waals surface area (Å²) >= 11 is 1.01. The highest BCUT2D eigenvalue weighted by molar-refractivity contribution is 7.14. The number of nitriles is 1. The molecule has 0 aliphatic heterocycles. The van der Waals surface area contributed by atoms with Crippen molar-refractivity contribution in [3.05, 3.63) is 21.9 Å². The van der Waals surface area contributed by atoms with Crippen molar-refractivity contribution in [3.63, 3.8) is 0 Å². The van der Waals surface area contributed by atoms with E-state index in [9.17, 15) is 19.2 Å². The maximum atomic E-state index is 11.7. The zero-order valence-corrected chi connectivity index (χ0v) is 12.2. The molecule has 0 radical (unpaired) electrons. The molecule has 4 amide bonds. The van der Waals surface area contributed by atoms with Crippen molar-refractivity contribution in [1.29, 1.82) is 5.26 Å². The second-order valence-electron chi connectivity index (χ2n) is 3.98. The smallest absolute Gasteiger partial charge is 0.261 e. The average Bonchev–Trinajstić information content (AvgIpc) is 2.97. The summed E-state index contributed by atoms with van der Waals surface area (Å²) in [7, 11) is 0. The van der Waals surface area contributed by atoms with E-state index < -0.39 is 23.6 Å². The van der Waals surface area contributed by atoms with Gasteiger partial charge in [0.2, 0.25) is 17.7 Å². The molecule has 116 valence electrons. The van der Waals surface area contributed by atoms with Crippen molar-refractivity contribution in [3.8, 4) is 6.07 Å². The molecule has 0 aliphatic rings. The number of thiophene rings is 1. The SMILES string of the molecule is N#Cc1ccc(C(=O)NCC(=O)NCC(=O)NCC(N)=O)s1. The fourth-order valence-corrected chi connectivity index (χ4v) is 1.98. The third-order valence-corrected chi connectivity index (χ3v) is 3.24. The Morgan fingerprint density at radius 3 is 2.18 bits per heavy atom. The molecule has 0 bridgehead atoms. The Kier molecular flexibility index (Phi) is 6.52. The standard InChI is InChI=1S/C12H13N5O4S/c13-3-7-1-2-8(22-7)12(21)17-6-11(20)16-5-10(19)15-4-9(14)18/h1-2H,4-6H2,(H2,14,18)(H,15,19)(H,16,20)(H,17,21). The van der Waals surface area contributed by atoms with Crippen molar-refractivity contribution in [1.82, 2.24) is 16.0 Å². The van der Waals surface area contributed by atoms with Gasteiger partial charge < -0.3 is 21.7 Å². The van der Waals surface area contributed by atoms with Crippen molar-refractivity contribution in [2.24, 2.45) is 5.73 Å². The summed E-state index contributed by atoms with van der Waals surface area (Å²) in [6, 6.07) is 4.88. The average molecular weight is 323 g/mol. The van der Waals surface area contributed by atoms with E-state index in [2.05, 4.69) is 16.0 Å². The predicted molar refractivity (Wildman–Crippen MR) is 76.6 cm³/mol. The minimum absolute atomic E-state index is 0.309. The molecule has 1 heterocycles. The molecule has 0 aromatic carbocycles. The molecule has 0 fully saturated rings. The number of carbonyl (C=O) groups is 4. The van der Waals surface area contributed by atoms with Crippen LogP contribution in [0, 0.1) is 11.3 Å². The van der Waals surface area contributed by atoms with Gasteiger partial charge in [-0.05, 0) is 12.1 Å². The van der Waals surface area contributed by atoms with Crippen LogP contribution in [0.5, 0.6) is 0 Å². The molecule has 1 aromatic rings. The maximum absolute atomic E-state index is 11.7. The van der Waals surface area contributed by atoms with Crippen LogP contribution in [0.15, 0.2) is 12.1 Å². The number of nitrogens with two attached hydrogens (primary N) is 1. The lowest BCUT2D eigenvalue weighted by molar-refractivity contribution is -0.126. The Balaban J connectivity index is 2.28. The van der Waals surface area contributed by atoms with Gasteiger partial charge in [-0.25, -0.2) is 0 Å². The van der Waals surface area contributed by atoms with Gasteiger partial charge >= 0.3 is 0 Å². The van der Waals surface area contributed by atoms with Crippen LogP contribution in [0.1, 0.15) is 14.5 Å². The zero-order valence-electron chi connectivity index (χ0n) is 11.3. The van der Waals surface area contributed by atoms with Gasteiger partial charge in [0.15, 0.2) is 0 Å². The lowest BCUT2D eigenvalue weighted by Crippen LogP contribution is -2.43. The van der Waals surface area contributed by atoms with Crippen LogP contribution in [0.4, 0.5) is 0 Å². The summed E-state index contributed by atoms with van der Waals surface area (Å²) in [6.45, 7) is -0.966. The van der Waals surface area contributed by atoms with Crippen molar-refractivity contribution >= 4 is 35.0 Å². The first-order chi connectivity index (χ1) is 10.4. The topological polar surface area (TPSA) is 154 Å². The van der Waals surface area contributed by atoms with E-state index in [1.807, 2.05) is 6.07 Å². The lowest BCUT2D eigenvalue weighted by Gasteiger charge is -2.06. The first-order valence-corrected chi connectivity index (χ1v) is 6.84. The van der Waals surface area contributed by atoms with E-state index in [1.54, 1.807) is 0 Å². The van der Waals surface area contributed by atoms with Crippen molar-refractivity contribution < 1.29 is 19.2 Å². The molecule has 0 saturated carbocycles. The van der Waals surface area contributed by atoms with Gasteiger partial charge in [-0.15, -0.1) is 11.3 Å². The van der Waals surface area contributed by atoms with Crippen molar-refractivity contribution in [2.75, 3.05) is 19.6 Å². The highest BCUT2D eigenvalue weighted by atomic mass is 32.1. The van der Waals surface area contributed by atoms with Gasteiger partial charge in [0, 0.05) is 0 Å². The Morgan fingerprint density at radius 1 is 1.05 bits per heavy atom. The van der Waals surface area contributed by atoms with E-state index in [4.69, 9.17) is 11.0 Å². The molecule has 22 heavy (non-hydrogen) atoms. The van der Waals surface area contributed by atoms with E-state index in [0.29, 0.717) is 9.75 Å². The normalized spacial score (nSPS) is 9.41. The molecule has 1 aromatic heterocycles. The first kappa shape index (κ1) is 17.1. The number of nitrogens with zero attached hydrogens (tertiary/aromatic N) is 1. The third kappa shape index (κ3) is 6.02. The molecular formula is C12H13N5O4S. The molecule has 0 aliphatic carbocycles. The minimum atomic E-state index is -0.695. The van der Waals surface area contributed by atoms with Crippen LogP contribution in [0.2, 0.25) is 0 Å². The fraction of sp³-hybridized carbons (Fsp3) is 0.250. The van der Waals surface area contributed by atoms with E-state index in [-0.39, 0.29) is 19.6 Å². The first-order valence-electron chi connectivity index (χ1n) is 6.02. The van der Waals surface area contributed by atoms with E-state index in [1.165, 1.54) is 12.1 Å². The summed E-state index contributed by atoms with van der Waals surface area (Å²) in [5, 5.41) is 15.5. The summed E-state index contributed by atoms with van der Waals surface area (Å²) in [5.41, 5.74) is 4.84. The van der Waals surface area contributed by atoms with Crippen LogP contribution < -0.4 is 21.7 Å². The highest BCUT2D eigenvalue weighted by Crippen LogP contribution is 2.14. The molecule has 5 N–H and O–H groups in total. The molecule has 0 atom stereocenters. The Labute approximate surface area is 129 Å². The molecule has 1 rings (SSSR count). The monoisotopic (exact) mass is 323 g/mol. The Morgan fingerprint density at radius 2 is 1.64 bits per heavy atom. The van der Waals surface area contributed by atoms with Crippen LogP contribution in [0.25, 0.3) is 0 Å². The highest BCUT2D eigenvalue weighted by Gasteiger charge is 2.11. The Bertz CT molecular complexity index is 634. The van der Waals surface area contributed by atoms with Crippen LogP contribution >= 0.6 is 11.3 Å². The lowest BCUT2D eigenvalue weighted by atomic mass is 10.4.